The first-order chi connectivity index (χ1) is 13.9. The summed E-state index contributed by atoms with van der Waals surface area (Å²) in [7, 11) is 2.98. The second kappa shape index (κ2) is 9.04. The summed E-state index contributed by atoms with van der Waals surface area (Å²) in [5.41, 5.74) is 0.634. The molecule has 0 aliphatic rings. The number of methoxy groups -OCH3 is 2. The Bertz CT molecular complexity index is 997. The van der Waals surface area contributed by atoms with Crippen molar-refractivity contribution in [2.75, 3.05) is 18.5 Å². The molecule has 0 spiro atoms. The van der Waals surface area contributed by atoms with Crippen LogP contribution in [0.3, 0.4) is 0 Å². The van der Waals surface area contributed by atoms with E-state index in [0.29, 0.717) is 41.1 Å². The Morgan fingerprint density at radius 2 is 1.66 bits per heavy atom. The highest BCUT2D eigenvalue weighted by atomic mass is 32.2. The van der Waals surface area contributed by atoms with Crippen molar-refractivity contribution < 1.29 is 27.0 Å². The van der Waals surface area contributed by atoms with E-state index in [0.717, 1.165) is 6.07 Å². The highest BCUT2D eigenvalue weighted by Gasteiger charge is 2.20. The maximum absolute atomic E-state index is 14.2. The maximum atomic E-state index is 14.2. The molecule has 9 heteroatoms. The zero-order valence-corrected chi connectivity index (χ0v) is 16.3. The van der Waals surface area contributed by atoms with Crippen LogP contribution in [-0.2, 0) is 6.54 Å². The van der Waals surface area contributed by atoms with Gasteiger partial charge >= 0.3 is 0 Å². The number of hydrogen-bond acceptors (Lipinski definition) is 5. The molecule has 0 aliphatic heterocycles. The average molecular weight is 424 g/mol. The lowest BCUT2D eigenvalue weighted by molar-refractivity contribution is 0.391. The first kappa shape index (κ1) is 20.8. The largest absolute Gasteiger partial charge is 0.497 e. The molecule has 3 aromatic rings. The smallest absolute Gasteiger partial charge is 0.214 e. The lowest BCUT2D eigenvalue weighted by Crippen LogP contribution is -2.17. The lowest BCUT2D eigenvalue weighted by atomic mass is 10.2. The fourth-order valence-corrected chi connectivity index (χ4v) is 3.47. The van der Waals surface area contributed by atoms with Crippen molar-refractivity contribution in [1.82, 2.24) is 4.98 Å². The fourth-order valence-electron chi connectivity index (χ4n) is 2.56. The van der Waals surface area contributed by atoms with E-state index in [1.54, 1.807) is 18.2 Å². The predicted molar refractivity (Wildman–Crippen MR) is 102 cm³/mol. The number of benzene rings is 2. The molecule has 0 radical (unpaired) electrons. The van der Waals surface area contributed by atoms with Crippen LogP contribution < -0.4 is 13.8 Å². The number of aromatic nitrogens is 1. The van der Waals surface area contributed by atoms with E-state index >= 15 is 0 Å². The normalized spacial score (nSPS) is 10.7. The highest BCUT2D eigenvalue weighted by molar-refractivity contribution is 8.00. The molecule has 0 unspecified atom stereocenters. The molecule has 152 valence electrons. The number of pyridine rings is 1. The van der Waals surface area contributed by atoms with Crippen molar-refractivity contribution in [2.24, 2.45) is 0 Å². The van der Waals surface area contributed by atoms with Crippen molar-refractivity contribution in [2.45, 2.75) is 11.4 Å². The van der Waals surface area contributed by atoms with Gasteiger partial charge in [0.2, 0.25) is 5.95 Å². The second-order valence-corrected chi connectivity index (χ2v) is 6.85. The van der Waals surface area contributed by atoms with Crippen LogP contribution in [-0.4, -0.2) is 19.2 Å². The molecule has 0 N–H and O–H groups in total. The van der Waals surface area contributed by atoms with Crippen molar-refractivity contribution >= 4 is 17.8 Å². The Morgan fingerprint density at radius 1 is 0.931 bits per heavy atom. The number of rotatable bonds is 7. The minimum Gasteiger partial charge on any atom is -0.497 e. The molecular weight excluding hydrogens is 408 g/mol. The molecule has 0 saturated heterocycles. The van der Waals surface area contributed by atoms with Crippen LogP contribution in [0.25, 0.3) is 0 Å². The van der Waals surface area contributed by atoms with E-state index in [-0.39, 0.29) is 12.4 Å². The zero-order valence-electron chi connectivity index (χ0n) is 15.5. The van der Waals surface area contributed by atoms with Crippen LogP contribution in [0.5, 0.6) is 11.5 Å². The predicted octanol–water partition coefficient (Wildman–Crippen LogP) is 5.37. The third-order valence-electron chi connectivity index (χ3n) is 3.93. The molecule has 0 bridgehead atoms. The topological polar surface area (TPSA) is 34.6 Å². The Labute approximate surface area is 169 Å². The molecule has 0 atom stereocenters. The molecule has 0 fully saturated rings. The zero-order chi connectivity index (χ0) is 21.0. The monoisotopic (exact) mass is 424 g/mol. The third-order valence-corrected chi connectivity index (χ3v) is 5.04. The van der Waals surface area contributed by atoms with Gasteiger partial charge in [-0.3, -0.25) is 4.31 Å². The van der Waals surface area contributed by atoms with E-state index < -0.39 is 28.3 Å². The van der Waals surface area contributed by atoms with Crippen molar-refractivity contribution in [3.05, 3.63) is 77.5 Å². The van der Waals surface area contributed by atoms with Gasteiger partial charge in [0.25, 0.3) is 0 Å². The van der Waals surface area contributed by atoms with Crippen LogP contribution in [0.4, 0.5) is 23.4 Å². The molecule has 29 heavy (non-hydrogen) atoms. The number of anilines is 1. The number of halogens is 4. The summed E-state index contributed by atoms with van der Waals surface area (Å²) in [6.45, 7) is 0.0601. The summed E-state index contributed by atoms with van der Waals surface area (Å²) in [5.74, 6) is -2.79. The van der Waals surface area contributed by atoms with E-state index in [1.807, 2.05) is 0 Å². The summed E-state index contributed by atoms with van der Waals surface area (Å²) < 4.78 is 67.2. The van der Waals surface area contributed by atoms with Crippen molar-refractivity contribution in [3.63, 3.8) is 0 Å². The van der Waals surface area contributed by atoms with Crippen LogP contribution >= 0.6 is 11.9 Å². The van der Waals surface area contributed by atoms with Crippen LogP contribution in [0.15, 0.2) is 53.4 Å². The molecule has 0 saturated carbocycles. The standard InChI is InChI=1S/C20H16F4N2O2S/c1-27-14-7-6-12(17(10-14)28-2)11-26(19-5-3-4-18(24)25-19)29-20-15(22)8-13(21)9-16(20)23/h3-10H,11H2,1-2H3. The number of nitrogens with zero attached hydrogens (tertiary/aromatic N) is 2. The summed E-state index contributed by atoms with van der Waals surface area (Å²) in [6.07, 6.45) is 0. The highest BCUT2D eigenvalue weighted by Crippen LogP contribution is 2.35. The summed E-state index contributed by atoms with van der Waals surface area (Å²) >= 11 is 0.637. The summed E-state index contributed by atoms with van der Waals surface area (Å²) in [4.78, 5) is 3.35. The van der Waals surface area contributed by atoms with Crippen LogP contribution in [0.2, 0.25) is 0 Å². The Balaban J connectivity index is 2.01. The molecule has 2 aromatic carbocycles. The second-order valence-electron chi connectivity index (χ2n) is 5.82. The van der Waals surface area contributed by atoms with E-state index in [4.69, 9.17) is 9.47 Å². The fraction of sp³-hybridized carbons (Fsp3) is 0.150. The van der Waals surface area contributed by atoms with Gasteiger partial charge in [-0.15, -0.1) is 0 Å². The summed E-state index contributed by atoms with van der Waals surface area (Å²) in [6, 6.07) is 10.3. The number of hydrogen-bond donors (Lipinski definition) is 0. The maximum Gasteiger partial charge on any atom is 0.214 e. The lowest BCUT2D eigenvalue weighted by Gasteiger charge is -2.24. The quantitative estimate of drug-likeness (QED) is 0.290. The van der Waals surface area contributed by atoms with Crippen molar-refractivity contribution in [1.29, 1.82) is 0 Å². The van der Waals surface area contributed by atoms with Gasteiger partial charge in [0.1, 0.15) is 39.7 Å². The van der Waals surface area contributed by atoms with Gasteiger partial charge in [-0.05, 0) is 36.2 Å². The van der Waals surface area contributed by atoms with Gasteiger partial charge in [0.05, 0.1) is 20.8 Å². The Hall–Kier alpha value is -2.94. The molecule has 0 amide bonds. The molecule has 1 heterocycles. The Morgan fingerprint density at radius 3 is 2.28 bits per heavy atom. The van der Waals surface area contributed by atoms with Crippen LogP contribution in [0.1, 0.15) is 5.56 Å². The molecule has 4 nitrogen and oxygen atoms in total. The minimum atomic E-state index is -1.07. The van der Waals surface area contributed by atoms with Gasteiger partial charge in [-0.25, -0.2) is 18.2 Å². The van der Waals surface area contributed by atoms with Gasteiger partial charge in [-0.2, -0.15) is 4.39 Å². The molecule has 1 aromatic heterocycles. The van der Waals surface area contributed by atoms with Gasteiger partial charge in [0.15, 0.2) is 0 Å². The van der Waals surface area contributed by atoms with Gasteiger partial charge in [-0.1, -0.05) is 6.07 Å². The minimum absolute atomic E-state index is 0.0601. The third kappa shape index (κ3) is 4.92. The van der Waals surface area contributed by atoms with E-state index in [2.05, 4.69) is 4.98 Å². The molecule has 3 rings (SSSR count). The average Bonchev–Trinajstić information content (AvgIpc) is 2.69. The summed E-state index contributed by atoms with van der Waals surface area (Å²) in [5, 5.41) is 0. The van der Waals surface area contributed by atoms with E-state index in [1.165, 1.54) is 30.7 Å². The Kier molecular flexibility index (Phi) is 6.48. The SMILES string of the molecule is COc1ccc(CN(Sc2c(F)cc(F)cc2F)c2cccc(F)n2)c(OC)c1. The van der Waals surface area contributed by atoms with Gasteiger partial charge < -0.3 is 9.47 Å². The molecule has 0 aliphatic carbocycles. The first-order valence-electron chi connectivity index (χ1n) is 8.34. The van der Waals surface area contributed by atoms with Crippen molar-refractivity contribution in [3.8, 4) is 11.5 Å². The van der Waals surface area contributed by atoms with Gasteiger partial charge in [0, 0.05) is 23.8 Å². The first-order valence-corrected chi connectivity index (χ1v) is 9.12. The number of ether oxygens (including phenoxy) is 2. The van der Waals surface area contributed by atoms with E-state index in [9.17, 15) is 17.6 Å². The molecular formula is C20H16F4N2O2S. The van der Waals surface area contributed by atoms with Crippen LogP contribution in [0, 0.1) is 23.4 Å².